The predicted molar refractivity (Wildman–Crippen MR) is 67.6 cm³/mol. The number of aryl methyl sites for hydroxylation is 1. The van der Waals surface area contributed by atoms with Gasteiger partial charge in [0.1, 0.15) is 17.7 Å². The standard InChI is InChI=1S/C14H17NO3/c1-2-3-4-11-5-7-13(8-6-11)18-14-15-12(9-16)10-17-14/h5-8,10,16H,2-4,9H2,1H3. The molecule has 2 rings (SSSR count). The number of aliphatic hydroxyl groups excluding tert-OH is 1. The molecule has 1 aromatic carbocycles. The van der Waals surface area contributed by atoms with Crippen LogP contribution in [0.15, 0.2) is 34.9 Å². The van der Waals surface area contributed by atoms with Crippen molar-refractivity contribution in [2.75, 3.05) is 0 Å². The first-order valence-corrected chi connectivity index (χ1v) is 6.14. The number of hydrogen-bond acceptors (Lipinski definition) is 4. The molecule has 0 radical (unpaired) electrons. The normalized spacial score (nSPS) is 10.6. The zero-order valence-corrected chi connectivity index (χ0v) is 10.4. The molecule has 18 heavy (non-hydrogen) atoms. The number of rotatable bonds is 6. The Morgan fingerprint density at radius 3 is 2.67 bits per heavy atom. The van der Waals surface area contributed by atoms with E-state index in [1.54, 1.807) is 0 Å². The highest BCUT2D eigenvalue weighted by Crippen LogP contribution is 2.21. The van der Waals surface area contributed by atoms with Gasteiger partial charge in [-0.25, -0.2) is 0 Å². The summed E-state index contributed by atoms with van der Waals surface area (Å²) in [5, 5.41) is 8.86. The van der Waals surface area contributed by atoms with Gasteiger partial charge in [0.25, 0.3) is 0 Å². The molecule has 0 aliphatic carbocycles. The lowest BCUT2D eigenvalue weighted by Gasteiger charge is -2.03. The van der Waals surface area contributed by atoms with Crippen LogP contribution >= 0.6 is 0 Å². The van der Waals surface area contributed by atoms with Crippen molar-refractivity contribution < 1.29 is 14.3 Å². The number of unbranched alkanes of at least 4 members (excludes halogenated alkanes) is 1. The topological polar surface area (TPSA) is 55.5 Å². The highest BCUT2D eigenvalue weighted by Gasteiger charge is 2.05. The Morgan fingerprint density at radius 2 is 2.06 bits per heavy atom. The fraction of sp³-hybridized carbons (Fsp3) is 0.357. The molecule has 0 amide bonds. The Labute approximate surface area is 106 Å². The maximum Gasteiger partial charge on any atom is 0.399 e. The number of ether oxygens (including phenoxy) is 1. The van der Waals surface area contributed by atoms with Crippen molar-refractivity contribution in [2.45, 2.75) is 32.8 Å². The number of oxazole rings is 1. The van der Waals surface area contributed by atoms with E-state index in [-0.39, 0.29) is 12.7 Å². The third kappa shape index (κ3) is 3.34. The van der Waals surface area contributed by atoms with E-state index in [1.165, 1.54) is 24.7 Å². The Bertz CT molecular complexity index is 476. The average molecular weight is 247 g/mol. The maximum atomic E-state index is 8.86. The van der Waals surface area contributed by atoms with Crippen LogP contribution in [0.1, 0.15) is 31.0 Å². The van der Waals surface area contributed by atoms with Gasteiger partial charge in [0.2, 0.25) is 0 Å². The molecule has 1 heterocycles. The van der Waals surface area contributed by atoms with E-state index in [4.69, 9.17) is 14.3 Å². The van der Waals surface area contributed by atoms with Gasteiger partial charge in [-0.15, -0.1) is 0 Å². The molecule has 0 unspecified atom stereocenters. The molecule has 1 aromatic heterocycles. The minimum absolute atomic E-state index is 0.150. The van der Waals surface area contributed by atoms with Crippen LogP contribution < -0.4 is 4.74 Å². The lowest BCUT2D eigenvalue weighted by atomic mass is 10.1. The fourth-order valence-corrected chi connectivity index (χ4v) is 1.61. The first kappa shape index (κ1) is 12.6. The molecule has 1 N–H and O–H groups in total. The van der Waals surface area contributed by atoms with E-state index in [0.29, 0.717) is 11.4 Å². The van der Waals surface area contributed by atoms with Crippen molar-refractivity contribution in [1.82, 2.24) is 4.98 Å². The van der Waals surface area contributed by atoms with Gasteiger partial charge in [-0.05, 0) is 30.5 Å². The summed E-state index contributed by atoms with van der Waals surface area (Å²) in [5.41, 5.74) is 1.76. The van der Waals surface area contributed by atoms with Crippen molar-refractivity contribution in [2.24, 2.45) is 0 Å². The van der Waals surface area contributed by atoms with Crippen molar-refractivity contribution in [1.29, 1.82) is 0 Å². The summed E-state index contributed by atoms with van der Waals surface area (Å²) < 4.78 is 10.5. The van der Waals surface area contributed by atoms with Crippen LogP contribution in [-0.4, -0.2) is 10.1 Å². The Hall–Kier alpha value is -1.81. The van der Waals surface area contributed by atoms with Crippen molar-refractivity contribution in [3.63, 3.8) is 0 Å². The van der Waals surface area contributed by atoms with Crippen molar-refractivity contribution >= 4 is 0 Å². The van der Waals surface area contributed by atoms with Crippen LogP contribution in [0.2, 0.25) is 0 Å². The summed E-state index contributed by atoms with van der Waals surface area (Å²) in [6.45, 7) is 2.03. The Morgan fingerprint density at radius 1 is 1.28 bits per heavy atom. The molecular weight excluding hydrogens is 230 g/mol. The number of aliphatic hydroxyl groups is 1. The van der Waals surface area contributed by atoms with Crippen LogP contribution in [0.4, 0.5) is 0 Å². The van der Waals surface area contributed by atoms with E-state index in [1.807, 2.05) is 24.3 Å². The van der Waals surface area contributed by atoms with Gasteiger partial charge < -0.3 is 14.3 Å². The minimum atomic E-state index is -0.150. The number of benzene rings is 1. The Balaban J connectivity index is 1.97. The van der Waals surface area contributed by atoms with E-state index in [9.17, 15) is 0 Å². The summed E-state index contributed by atoms with van der Waals surface area (Å²) in [7, 11) is 0. The number of hydrogen-bond donors (Lipinski definition) is 1. The van der Waals surface area contributed by atoms with Crippen LogP contribution in [0, 0.1) is 0 Å². The second kappa shape index (κ2) is 6.21. The third-order valence-electron chi connectivity index (χ3n) is 2.64. The average Bonchev–Trinajstić information content (AvgIpc) is 2.86. The highest BCUT2D eigenvalue weighted by atomic mass is 16.6. The van der Waals surface area contributed by atoms with Gasteiger partial charge in [-0.1, -0.05) is 25.5 Å². The summed E-state index contributed by atoms with van der Waals surface area (Å²) in [6, 6.07) is 7.88. The van der Waals surface area contributed by atoms with Crippen molar-refractivity contribution in [3.8, 4) is 11.8 Å². The highest BCUT2D eigenvalue weighted by molar-refractivity contribution is 5.29. The molecule has 0 aliphatic heterocycles. The molecule has 0 saturated carbocycles. The lowest BCUT2D eigenvalue weighted by Crippen LogP contribution is -1.88. The van der Waals surface area contributed by atoms with Crippen LogP contribution in [0.3, 0.4) is 0 Å². The molecular formula is C14H17NO3. The van der Waals surface area contributed by atoms with Gasteiger partial charge in [0.15, 0.2) is 0 Å². The van der Waals surface area contributed by atoms with Crippen molar-refractivity contribution in [3.05, 3.63) is 41.8 Å². The zero-order valence-electron chi connectivity index (χ0n) is 10.4. The van der Waals surface area contributed by atoms with Crippen LogP contribution in [0.5, 0.6) is 11.8 Å². The molecule has 0 aliphatic rings. The summed E-state index contributed by atoms with van der Waals surface area (Å²) in [4.78, 5) is 3.96. The lowest BCUT2D eigenvalue weighted by molar-refractivity contribution is 0.276. The van der Waals surface area contributed by atoms with Crippen LogP contribution in [-0.2, 0) is 13.0 Å². The Kier molecular flexibility index (Phi) is 4.36. The molecule has 0 bridgehead atoms. The zero-order chi connectivity index (χ0) is 12.8. The quantitative estimate of drug-likeness (QED) is 0.850. The first-order valence-electron chi connectivity index (χ1n) is 6.14. The second-order valence-corrected chi connectivity index (χ2v) is 4.11. The molecule has 4 heteroatoms. The first-order chi connectivity index (χ1) is 8.81. The molecule has 0 saturated heterocycles. The maximum absolute atomic E-state index is 8.86. The molecule has 4 nitrogen and oxygen atoms in total. The molecule has 0 fully saturated rings. The number of aromatic nitrogens is 1. The molecule has 0 atom stereocenters. The van der Waals surface area contributed by atoms with E-state index >= 15 is 0 Å². The van der Waals surface area contributed by atoms with E-state index in [2.05, 4.69) is 11.9 Å². The van der Waals surface area contributed by atoms with Gasteiger partial charge in [0, 0.05) is 0 Å². The molecule has 2 aromatic rings. The largest absolute Gasteiger partial charge is 0.417 e. The summed E-state index contributed by atoms with van der Waals surface area (Å²) in [5.74, 6) is 0.682. The second-order valence-electron chi connectivity index (χ2n) is 4.11. The third-order valence-corrected chi connectivity index (χ3v) is 2.64. The van der Waals surface area contributed by atoms with Gasteiger partial charge in [-0.2, -0.15) is 4.98 Å². The monoisotopic (exact) mass is 247 g/mol. The van der Waals surface area contributed by atoms with E-state index in [0.717, 1.165) is 6.42 Å². The fourth-order valence-electron chi connectivity index (χ4n) is 1.61. The van der Waals surface area contributed by atoms with E-state index < -0.39 is 0 Å². The van der Waals surface area contributed by atoms with Crippen LogP contribution in [0.25, 0.3) is 0 Å². The number of nitrogens with zero attached hydrogens (tertiary/aromatic N) is 1. The summed E-state index contributed by atoms with van der Waals surface area (Å²) >= 11 is 0. The minimum Gasteiger partial charge on any atom is -0.417 e. The SMILES string of the molecule is CCCCc1ccc(Oc2nc(CO)co2)cc1. The predicted octanol–water partition coefficient (Wildman–Crippen LogP) is 3.30. The van der Waals surface area contributed by atoms with Gasteiger partial charge in [0.05, 0.1) is 6.61 Å². The molecule has 96 valence electrons. The van der Waals surface area contributed by atoms with Gasteiger partial charge in [-0.3, -0.25) is 0 Å². The summed E-state index contributed by atoms with van der Waals surface area (Å²) in [6.07, 6.45) is 5.01. The van der Waals surface area contributed by atoms with Gasteiger partial charge >= 0.3 is 6.08 Å². The molecule has 0 spiro atoms. The smallest absolute Gasteiger partial charge is 0.399 e.